The van der Waals surface area contributed by atoms with E-state index in [0.29, 0.717) is 22.6 Å². The first-order valence-corrected chi connectivity index (χ1v) is 13.7. The van der Waals surface area contributed by atoms with E-state index in [-0.39, 0.29) is 10.8 Å². The molecule has 37 heavy (non-hydrogen) atoms. The molecule has 0 saturated heterocycles. The highest BCUT2D eigenvalue weighted by Crippen LogP contribution is 2.44. The maximum absolute atomic E-state index is 13.1. The molecule has 10 heteroatoms. The van der Waals surface area contributed by atoms with Crippen LogP contribution in [0.1, 0.15) is 5.69 Å². The zero-order valence-electron chi connectivity index (χ0n) is 19.9. The Balaban J connectivity index is 1.40. The van der Waals surface area contributed by atoms with Gasteiger partial charge in [-0.05, 0) is 43.3 Å². The van der Waals surface area contributed by atoms with Gasteiger partial charge in [0.15, 0.2) is 0 Å². The number of rotatable bonds is 3. The minimum atomic E-state index is -3.65. The Morgan fingerprint density at radius 3 is 2.11 bits per heavy atom. The van der Waals surface area contributed by atoms with Gasteiger partial charge in [-0.3, -0.25) is 4.31 Å². The fourth-order valence-corrected chi connectivity index (χ4v) is 6.33. The summed E-state index contributed by atoms with van der Waals surface area (Å²) in [5.41, 5.74) is 12.6. The van der Waals surface area contributed by atoms with Gasteiger partial charge in [0.1, 0.15) is 11.4 Å². The van der Waals surface area contributed by atoms with Crippen LogP contribution in [0.25, 0.3) is 39.5 Å². The van der Waals surface area contributed by atoms with Gasteiger partial charge < -0.3 is 5.73 Å². The Labute approximate surface area is 222 Å². The van der Waals surface area contributed by atoms with Crippen molar-refractivity contribution < 1.29 is 8.42 Å². The molecule has 0 bridgehead atoms. The van der Waals surface area contributed by atoms with E-state index in [9.17, 15) is 8.42 Å². The molecular formula is C27H21BrN6O2S. The molecule has 0 atom stereocenters. The van der Waals surface area contributed by atoms with Gasteiger partial charge in [0, 0.05) is 28.2 Å². The Kier molecular flexibility index (Phi) is 5.39. The van der Waals surface area contributed by atoms with Crippen molar-refractivity contribution in [3.8, 4) is 39.5 Å². The summed E-state index contributed by atoms with van der Waals surface area (Å²) in [6.07, 6.45) is 0. The molecule has 0 spiro atoms. The van der Waals surface area contributed by atoms with Crippen LogP contribution in [0.4, 0.5) is 11.6 Å². The Morgan fingerprint density at radius 1 is 0.865 bits per heavy atom. The summed E-state index contributed by atoms with van der Waals surface area (Å²) in [6.45, 7) is 1.87. The van der Waals surface area contributed by atoms with E-state index in [4.69, 9.17) is 10.8 Å². The molecule has 6 rings (SSSR count). The number of sulfonamides is 1. The third-order valence-corrected chi connectivity index (χ3v) is 8.82. The van der Waals surface area contributed by atoms with Crippen LogP contribution in [0.3, 0.4) is 0 Å². The summed E-state index contributed by atoms with van der Waals surface area (Å²) in [5, 5.41) is 4.82. The zero-order valence-corrected chi connectivity index (χ0v) is 22.3. The minimum Gasteiger partial charge on any atom is -0.368 e. The van der Waals surface area contributed by atoms with E-state index >= 15 is 0 Å². The smallest absolute Gasteiger partial charge is 0.264 e. The third kappa shape index (κ3) is 3.80. The second-order valence-electron chi connectivity index (χ2n) is 8.71. The first kappa shape index (κ1) is 23.4. The molecule has 0 aliphatic carbocycles. The average molecular weight is 573 g/mol. The third-order valence-electron chi connectivity index (χ3n) is 6.47. The normalized spacial score (nSPS) is 13.8. The van der Waals surface area contributed by atoms with Crippen molar-refractivity contribution in [2.24, 2.45) is 0 Å². The minimum absolute atomic E-state index is 0.193. The zero-order chi connectivity index (χ0) is 25.9. The number of hydrogen-bond acceptors (Lipinski definition) is 6. The number of nitrogens with two attached hydrogens (primary N) is 1. The standard InChI is InChI=1S/C27H21BrN6O2S/c1-16-26-25(21-5-3-4-6-24(21)37(35,36)33(26)2)32-34(16)20-13-9-18(10-14-20)23-15-22(30-27(29)31-23)17-7-11-19(28)12-8-17/h3-15H,1-2H3,(H2,29,30,31). The van der Waals surface area contributed by atoms with E-state index in [2.05, 4.69) is 25.9 Å². The van der Waals surface area contributed by atoms with Crippen molar-refractivity contribution in [2.45, 2.75) is 11.8 Å². The molecule has 0 fully saturated rings. The van der Waals surface area contributed by atoms with Crippen molar-refractivity contribution in [3.63, 3.8) is 0 Å². The predicted octanol–water partition coefficient (Wildman–Crippen LogP) is 5.45. The lowest BCUT2D eigenvalue weighted by Crippen LogP contribution is -2.30. The topological polar surface area (TPSA) is 107 Å². The molecule has 2 N–H and O–H groups in total. The molecule has 0 amide bonds. The molecule has 2 aromatic heterocycles. The highest BCUT2D eigenvalue weighted by atomic mass is 79.9. The molecule has 3 heterocycles. The van der Waals surface area contributed by atoms with Crippen molar-refractivity contribution in [3.05, 3.63) is 89.0 Å². The second-order valence-corrected chi connectivity index (χ2v) is 11.6. The van der Waals surface area contributed by atoms with E-state index in [1.54, 1.807) is 29.9 Å². The number of halogens is 1. The van der Waals surface area contributed by atoms with Gasteiger partial charge in [-0.1, -0.05) is 58.4 Å². The maximum atomic E-state index is 13.1. The fourth-order valence-electron chi connectivity index (χ4n) is 4.61. The van der Waals surface area contributed by atoms with Gasteiger partial charge in [-0.15, -0.1) is 0 Å². The first-order valence-electron chi connectivity index (χ1n) is 11.4. The van der Waals surface area contributed by atoms with Crippen molar-refractivity contribution in [2.75, 3.05) is 17.1 Å². The number of fused-ring (bicyclic) bond motifs is 3. The molecule has 1 aliphatic heterocycles. The van der Waals surface area contributed by atoms with Crippen molar-refractivity contribution >= 4 is 37.6 Å². The Hall–Kier alpha value is -4.02. The Bertz CT molecular complexity index is 1780. The van der Waals surface area contributed by atoms with Crippen LogP contribution in [-0.2, 0) is 10.0 Å². The first-order chi connectivity index (χ1) is 17.7. The number of nitrogen functional groups attached to an aromatic ring is 1. The highest BCUT2D eigenvalue weighted by molar-refractivity contribution is 9.10. The van der Waals surface area contributed by atoms with Crippen LogP contribution in [0, 0.1) is 6.92 Å². The van der Waals surface area contributed by atoms with Crippen LogP contribution < -0.4 is 10.0 Å². The number of aromatic nitrogens is 4. The summed E-state index contributed by atoms with van der Waals surface area (Å²) in [4.78, 5) is 9.08. The van der Waals surface area contributed by atoms with E-state index < -0.39 is 10.0 Å². The second kappa shape index (κ2) is 8.53. The number of benzene rings is 3. The van der Waals surface area contributed by atoms with Gasteiger partial charge >= 0.3 is 0 Å². The summed E-state index contributed by atoms with van der Waals surface area (Å²) >= 11 is 3.45. The van der Waals surface area contributed by atoms with Crippen LogP contribution in [0.2, 0.25) is 0 Å². The summed E-state index contributed by atoms with van der Waals surface area (Å²) in [5.74, 6) is 0.193. The lowest BCUT2D eigenvalue weighted by atomic mass is 10.1. The Morgan fingerprint density at radius 2 is 1.46 bits per heavy atom. The van der Waals surface area contributed by atoms with Gasteiger partial charge in [0.25, 0.3) is 10.0 Å². The van der Waals surface area contributed by atoms with E-state index in [1.807, 2.05) is 67.6 Å². The van der Waals surface area contributed by atoms with Crippen LogP contribution >= 0.6 is 15.9 Å². The molecule has 3 aromatic carbocycles. The molecule has 0 unspecified atom stereocenters. The quantitative estimate of drug-likeness (QED) is 0.308. The lowest BCUT2D eigenvalue weighted by Gasteiger charge is -2.26. The molecule has 8 nitrogen and oxygen atoms in total. The molecule has 0 radical (unpaired) electrons. The molecule has 0 saturated carbocycles. The average Bonchev–Trinajstić information content (AvgIpc) is 3.25. The summed E-state index contributed by atoms with van der Waals surface area (Å²) in [7, 11) is -2.09. The SMILES string of the molecule is Cc1c2c(nn1-c1ccc(-c3cc(-c4ccc(Br)cc4)nc(N)n3)cc1)-c1ccccc1S(=O)(=O)N2C. The number of hydrogen-bond donors (Lipinski definition) is 1. The van der Waals surface area contributed by atoms with Gasteiger partial charge in [-0.2, -0.15) is 5.10 Å². The van der Waals surface area contributed by atoms with Gasteiger partial charge in [0.05, 0.1) is 27.7 Å². The van der Waals surface area contributed by atoms with Crippen LogP contribution in [0.5, 0.6) is 0 Å². The predicted molar refractivity (Wildman–Crippen MR) is 148 cm³/mol. The molecule has 184 valence electrons. The largest absolute Gasteiger partial charge is 0.368 e. The summed E-state index contributed by atoms with van der Waals surface area (Å²) < 4.78 is 30.3. The maximum Gasteiger partial charge on any atom is 0.264 e. The summed E-state index contributed by atoms with van der Waals surface area (Å²) in [6, 6.07) is 24.4. The van der Waals surface area contributed by atoms with Gasteiger partial charge in [-0.25, -0.2) is 23.1 Å². The van der Waals surface area contributed by atoms with E-state index in [1.165, 1.54) is 4.31 Å². The highest BCUT2D eigenvalue weighted by Gasteiger charge is 2.36. The van der Waals surface area contributed by atoms with Crippen LogP contribution in [0.15, 0.2) is 88.2 Å². The number of anilines is 2. The molecule has 1 aliphatic rings. The van der Waals surface area contributed by atoms with Crippen molar-refractivity contribution in [1.82, 2.24) is 19.7 Å². The van der Waals surface area contributed by atoms with Crippen molar-refractivity contribution in [1.29, 1.82) is 0 Å². The van der Waals surface area contributed by atoms with E-state index in [0.717, 1.165) is 32.7 Å². The molecule has 5 aromatic rings. The number of nitrogens with zero attached hydrogens (tertiary/aromatic N) is 5. The monoisotopic (exact) mass is 572 g/mol. The lowest BCUT2D eigenvalue weighted by molar-refractivity contribution is 0.594. The fraction of sp³-hybridized carbons (Fsp3) is 0.0741. The van der Waals surface area contributed by atoms with Crippen LogP contribution in [-0.4, -0.2) is 35.2 Å². The molecular weight excluding hydrogens is 552 g/mol. The van der Waals surface area contributed by atoms with Gasteiger partial charge in [0.2, 0.25) is 5.95 Å².